The first kappa shape index (κ1) is 30.6. The molecule has 1 fully saturated rings. The molecule has 1 heterocycles. The molecule has 1 aliphatic heterocycles. The number of azo groups is 1. The van der Waals surface area contributed by atoms with Gasteiger partial charge in [0.1, 0.15) is 5.69 Å². The number of nitro groups is 1. The summed E-state index contributed by atoms with van der Waals surface area (Å²) in [6, 6.07) is 10.8. The highest BCUT2D eigenvalue weighted by atomic mass is 35.5. The molecule has 3 rings (SSSR count). The van der Waals surface area contributed by atoms with Gasteiger partial charge in [-0.2, -0.15) is 5.11 Å². The SMILES string of the molecule is CC(C)P(=O)(O)OC1CC(CO)N(C(=O)CCCN(C)c2ccc(/N=N/c3ccc([N+](=O)[O-])cc3Cl)cc2)C1. The van der Waals surface area contributed by atoms with Gasteiger partial charge in [0.25, 0.3) is 5.69 Å². The smallest absolute Gasteiger partial charge is 0.330 e. The third-order valence-electron chi connectivity index (χ3n) is 6.45. The molecule has 3 atom stereocenters. The molecule has 0 radical (unpaired) electrons. The van der Waals surface area contributed by atoms with Gasteiger partial charge in [0, 0.05) is 44.4 Å². The predicted octanol–water partition coefficient (Wildman–Crippen LogP) is 5.45. The minimum Gasteiger partial charge on any atom is -0.394 e. The summed E-state index contributed by atoms with van der Waals surface area (Å²) in [5, 5.41) is 28.9. The van der Waals surface area contributed by atoms with Crippen LogP contribution in [0.25, 0.3) is 0 Å². The van der Waals surface area contributed by atoms with E-state index in [1.54, 1.807) is 30.9 Å². The Morgan fingerprint density at radius 3 is 2.56 bits per heavy atom. The number of likely N-dealkylation sites (tertiary alicyclic amines) is 1. The van der Waals surface area contributed by atoms with Crippen molar-refractivity contribution in [1.29, 1.82) is 0 Å². The zero-order valence-corrected chi connectivity index (χ0v) is 23.7. The zero-order valence-electron chi connectivity index (χ0n) is 22.0. The Morgan fingerprint density at radius 2 is 1.97 bits per heavy atom. The van der Waals surface area contributed by atoms with Gasteiger partial charge in [0.2, 0.25) is 5.91 Å². The summed E-state index contributed by atoms with van der Waals surface area (Å²) in [5.74, 6) is -0.133. The number of aliphatic hydroxyl groups is 1. The maximum atomic E-state index is 12.8. The quantitative estimate of drug-likeness (QED) is 0.145. The highest BCUT2D eigenvalue weighted by molar-refractivity contribution is 7.53. The van der Waals surface area contributed by atoms with Crippen molar-refractivity contribution in [3.63, 3.8) is 0 Å². The first-order valence-corrected chi connectivity index (χ1v) is 14.5. The minimum absolute atomic E-state index is 0.125. The van der Waals surface area contributed by atoms with E-state index in [2.05, 4.69) is 10.2 Å². The van der Waals surface area contributed by atoms with Crippen LogP contribution >= 0.6 is 19.2 Å². The van der Waals surface area contributed by atoms with Gasteiger partial charge in [0.05, 0.1) is 40.0 Å². The lowest BCUT2D eigenvalue weighted by Gasteiger charge is -2.24. The van der Waals surface area contributed by atoms with Crippen molar-refractivity contribution in [3.05, 3.63) is 57.6 Å². The average Bonchev–Trinajstić information content (AvgIpc) is 3.30. The van der Waals surface area contributed by atoms with Crippen LogP contribution in [0.4, 0.5) is 22.7 Å². The fourth-order valence-electron chi connectivity index (χ4n) is 4.08. The van der Waals surface area contributed by atoms with E-state index in [4.69, 9.17) is 16.1 Å². The highest BCUT2D eigenvalue weighted by Crippen LogP contribution is 2.49. The molecule has 12 nitrogen and oxygen atoms in total. The summed E-state index contributed by atoms with van der Waals surface area (Å²) >= 11 is 6.05. The summed E-state index contributed by atoms with van der Waals surface area (Å²) in [6.07, 6.45) is 0.565. The Labute approximate surface area is 231 Å². The van der Waals surface area contributed by atoms with Gasteiger partial charge in [-0.3, -0.25) is 19.5 Å². The lowest BCUT2D eigenvalue weighted by Crippen LogP contribution is -2.38. The number of anilines is 1. The molecule has 1 amide bonds. The fraction of sp³-hybridized carbons (Fsp3) is 0.480. The van der Waals surface area contributed by atoms with E-state index >= 15 is 0 Å². The van der Waals surface area contributed by atoms with Crippen molar-refractivity contribution in [2.75, 3.05) is 31.6 Å². The molecule has 14 heteroatoms. The van der Waals surface area contributed by atoms with Crippen molar-refractivity contribution < 1.29 is 28.8 Å². The molecule has 0 spiro atoms. The molecule has 0 saturated carbocycles. The third-order valence-corrected chi connectivity index (χ3v) is 8.66. The van der Waals surface area contributed by atoms with E-state index in [9.17, 15) is 29.5 Å². The fourth-order valence-corrected chi connectivity index (χ4v) is 5.12. The van der Waals surface area contributed by atoms with Gasteiger partial charge in [0.15, 0.2) is 0 Å². The average molecular weight is 582 g/mol. The number of rotatable bonds is 12. The molecule has 0 aliphatic carbocycles. The molecule has 39 heavy (non-hydrogen) atoms. The van der Waals surface area contributed by atoms with Crippen LogP contribution in [0.1, 0.15) is 33.1 Å². The second kappa shape index (κ2) is 13.5. The normalized spacial score (nSPS) is 19.0. The number of carbonyl (C=O) groups is 1. The number of hydrogen-bond acceptors (Lipinski definition) is 9. The van der Waals surface area contributed by atoms with E-state index < -0.39 is 30.3 Å². The maximum absolute atomic E-state index is 12.8. The van der Waals surface area contributed by atoms with Gasteiger partial charge in [-0.05, 0) is 43.2 Å². The molecule has 2 aromatic carbocycles. The van der Waals surface area contributed by atoms with E-state index in [0.29, 0.717) is 30.8 Å². The molecule has 2 aromatic rings. The van der Waals surface area contributed by atoms with E-state index in [1.807, 2.05) is 24.1 Å². The van der Waals surface area contributed by atoms with Crippen molar-refractivity contribution >= 4 is 47.9 Å². The number of hydrogen-bond donors (Lipinski definition) is 2. The molecule has 1 saturated heterocycles. The van der Waals surface area contributed by atoms with Crippen LogP contribution in [-0.4, -0.2) is 70.3 Å². The van der Waals surface area contributed by atoms with Crippen LogP contribution < -0.4 is 4.90 Å². The number of benzene rings is 2. The number of carbonyl (C=O) groups excluding carboxylic acids is 1. The number of non-ortho nitro benzene ring substituents is 1. The van der Waals surface area contributed by atoms with Crippen LogP contribution in [0, 0.1) is 10.1 Å². The topological polar surface area (TPSA) is 158 Å². The van der Waals surface area contributed by atoms with Crippen molar-refractivity contribution in [1.82, 2.24) is 4.90 Å². The summed E-state index contributed by atoms with van der Waals surface area (Å²) in [6.45, 7) is 3.76. The van der Waals surface area contributed by atoms with Gasteiger partial charge in [-0.25, -0.2) is 0 Å². The zero-order chi connectivity index (χ0) is 28.7. The summed E-state index contributed by atoms with van der Waals surface area (Å²) < 4.78 is 17.6. The molecule has 1 aliphatic rings. The first-order valence-electron chi connectivity index (χ1n) is 12.5. The van der Waals surface area contributed by atoms with Crippen molar-refractivity contribution in [2.45, 2.75) is 50.9 Å². The number of nitrogens with zero attached hydrogens (tertiary/aromatic N) is 5. The molecular formula is C25H33ClN5O7P. The number of amides is 1. The molecule has 3 unspecified atom stereocenters. The van der Waals surface area contributed by atoms with Crippen LogP contribution in [0.2, 0.25) is 5.02 Å². The second-order valence-electron chi connectivity index (χ2n) is 9.64. The number of aliphatic hydroxyl groups excluding tert-OH is 1. The van der Waals surface area contributed by atoms with Crippen LogP contribution in [-0.2, 0) is 13.9 Å². The Hall–Kier alpha value is -2.89. The largest absolute Gasteiger partial charge is 0.394 e. The van der Waals surface area contributed by atoms with Crippen molar-refractivity contribution in [3.8, 4) is 0 Å². The van der Waals surface area contributed by atoms with Gasteiger partial charge in [-0.1, -0.05) is 25.4 Å². The van der Waals surface area contributed by atoms with Crippen LogP contribution in [0.3, 0.4) is 0 Å². The Balaban J connectivity index is 1.50. The summed E-state index contributed by atoms with van der Waals surface area (Å²) in [5.41, 5.74) is 1.13. The lowest BCUT2D eigenvalue weighted by molar-refractivity contribution is -0.384. The summed E-state index contributed by atoms with van der Waals surface area (Å²) in [4.78, 5) is 36.7. The Kier molecular flexibility index (Phi) is 10.6. The molecule has 212 valence electrons. The van der Waals surface area contributed by atoms with E-state index in [-0.39, 0.29) is 36.2 Å². The van der Waals surface area contributed by atoms with E-state index in [1.165, 1.54) is 18.2 Å². The standard InChI is InChI=1S/C25H33ClN5O7P/c1-17(2)39(36,37)38-22-13-21(16-32)30(15-22)25(33)5-4-12-29(3)19-8-6-18(7-9-19)27-28-24-11-10-20(31(34)35)14-23(24)26/h6-11,14,17,21-22,32H,4-5,12-13,15-16H2,1-3H3,(H,36,37)/b28-27+. The predicted molar refractivity (Wildman–Crippen MR) is 148 cm³/mol. The number of halogens is 1. The third kappa shape index (κ3) is 8.30. The minimum atomic E-state index is -3.77. The monoisotopic (exact) mass is 581 g/mol. The van der Waals surface area contributed by atoms with Gasteiger partial charge in [-0.15, -0.1) is 5.11 Å². The Morgan fingerprint density at radius 1 is 1.28 bits per heavy atom. The van der Waals surface area contributed by atoms with Crippen molar-refractivity contribution in [2.24, 2.45) is 10.2 Å². The highest BCUT2D eigenvalue weighted by Gasteiger charge is 2.39. The van der Waals surface area contributed by atoms with Crippen LogP contribution in [0.15, 0.2) is 52.7 Å². The lowest BCUT2D eigenvalue weighted by atomic mass is 10.2. The van der Waals surface area contributed by atoms with Crippen LogP contribution in [0.5, 0.6) is 0 Å². The van der Waals surface area contributed by atoms with E-state index in [0.717, 1.165) is 5.69 Å². The number of nitro benzene ring substituents is 1. The maximum Gasteiger partial charge on any atom is 0.330 e. The molecular weight excluding hydrogens is 549 g/mol. The Bertz CT molecular complexity index is 1240. The molecule has 0 aromatic heterocycles. The second-order valence-corrected chi connectivity index (χ2v) is 12.4. The van der Waals surface area contributed by atoms with Gasteiger partial charge >= 0.3 is 7.60 Å². The molecule has 0 bridgehead atoms. The molecule has 2 N–H and O–H groups in total. The first-order chi connectivity index (χ1) is 18.4. The summed E-state index contributed by atoms with van der Waals surface area (Å²) in [7, 11) is -1.87. The van der Waals surface area contributed by atoms with Gasteiger partial charge < -0.3 is 24.3 Å².